The zero-order chi connectivity index (χ0) is 17.0. The van der Waals surface area contributed by atoms with E-state index in [2.05, 4.69) is 10.1 Å². The third kappa shape index (κ3) is 3.81. The summed E-state index contributed by atoms with van der Waals surface area (Å²) in [6, 6.07) is 6.62. The van der Waals surface area contributed by atoms with Crippen molar-refractivity contribution >= 4 is 17.8 Å². The van der Waals surface area contributed by atoms with Crippen LogP contribution in [0.1, 0.15) is 17.0 Å². The molecule has 23 heavy (non-hydrogen) atoms. The van der Waals surface area contributed by atoms with Crippen molar-refractivity contribution in [1.29, 1.82) is 0 Å². The molecule has 1 aromatic heterocycles. The fourth-order valence-electron chi connectivity index (χ4n) is 1.77. The van der Waals surface area contributed by atoms with Gasteiger partial charge in [-0.2, -0.15) is 4.68 Å². The SMILES string of the molecule is O=C(O)CC(NC(=O)c1nn(-c2ccccc2)c(=O)[nH]1)C(=O)O. The first-order valence-corrected chi connectivity index (χ1v) is 6.38. The number of carbonyl (C=O) groups excluding carboxylic acids is 1. The van der Waals surface area contributed by atoms with Gasteiger partial charge >= 0.3 is 17.6 Å². The Hall–Kier alpha value is -3.43. The summed E-state index contributed by atoms with van der Waals surface area (Å²) in [5.41, 5.74) is -0.278. The van der Waals surface area contributed by atoms with Gasteiger partial charge in [0.1, 0.15) is 6.04 Å². The van der Waals surface area contributed by atoms with Crippen molar-refractivity contribution < 1.29 is 24.6 Å². The van der Waals surface area contributed by atoms with Crippen LogP contribution in [0.4, 0.5) is 0 Å². The molecule has 0 radical (unpaired) electrons. The van der Waals surface area contributed by atoms with E-state index in [0.717, 1.165) is 4.68 Å². The summed E-state index contributed by atoms with van der Waals surface area (Å²) in [5.74, 6) is -4.31. The number of hydrogen-bond donors (Lipinski definition) is 4. The molecule has 2 rings (SSSR count). The first-order valence-electron chi connectivity index (χ1n) is 6.38. The van der Waals surface area contributed by atoms with Gasteiger partial charge in [0.25, 0.3) is 5.91 Å². The molecule has 1 amide bonds. The van der Waals surface area contributed by atoms with Crippen LogP contribution in [0.15, 0.2) is 35.1 Å². The summed E-state index contributed by atoms with van der Waals surface area (Å²) in [4.78, 5) is 47.4. The Morgan fingerprint density at radius 2 is 1.87 bits per heavy atom. The molecule has 0 saturated carbocycles. The van der Waals surface area contributed by atoms with E-state index in [1.807, 2.05) is 5.32 Å². The number of benzene rings is 1. The summed E-state index contributed by atoms with van der Waals surface area (Å²) in [6.45, 7) is 0. The van der Waals surface area contributed by atoms with Gasteiger partial charge in [-0.15, -0.1) is 5.10 Å². The molecule has 0 aliphatic heterocycles. The van der Waals surface area contributed by atoms with Crippen molar-refractivity contribution in [3.63, 3.8) is 0 Å². The zero-order valence-corrected chi connectivity index (χ0v) is 11.6. The number of carbonyl (C=O) groups is 3. The fourth-order valence-corrected chi connectivity index (χ4v) is 1.77. The topological polar surface area (TPSA) is 154 Å². The molecule has 2 aromatic rings. The van der Waals surface area contributed by atoms with Gasteiger partial charge in [-0.05, 0) is 12.1 Å². The van der Waals surface area contributed by atoms with Crippen LogP contribution >= 0.6 is 0 Å². The molecule has 0 bridgehead atoms. The highest BCUT2D eigenvalue weighted by Crippen LogP contribution is 2.02. The number of rotatable bonds is 6. The summed E-state index contributed by atoms with van der Waals surface area (Å²) >= 11 is 0. The normalized spacial score (nSPS) is 11.7. The van der Waals surface area contributed by atoms with Crippen LogP contribution in [0.2, 0.25) is 0 Å². The highest BCUT2D eigenvalue weighted by Gasteiger charge is 2.25. The number of aromatic amines is 1. The zero-order valence-electron chi connectivity index (χ0n) is 11.6. The molecule has 0 aliphatic rings. The smallest absolute Gasteiger partial charge is 0.348 e. The summed E-state index contributed by atoms with van der Waals surface area (Å²) in [7, 11) is 0. The Morgan fingerprint density at radius 3 is 2.43 bits per heavy atom. The van der Waals surface area contributed by atoms with Crippen LogP contribution in [-0.2, 0) is 9.59 Å². The van der Waals surface area contributed by atoms with Gasteiger partial charge in [0.15, 0.2) is 0 Å². The first-order chi connectivity index (χ1) is 10.9. The Morgan fingerprint density at radius 1 is 1.22 bits per heavy atom. The van der Waals surface area contributed by atoms with Crippen molar-refractivity contribution in [2.45, 2.75) is 12.5 Å². The average molecular weight is 320 g/mol. The highest BCUT2D eigenvalue weighted by molar-refractivity contribution is 5.94. The second kappa shape index (κ2) is 6.56. The van der Waals surface area contributed by atoms with Gasteiger partial charge in [-0.1, -0.05) is 18.2 Å². The molecule has 0 aliphatic carbocycles. The standard InChI is InChI=1S/C13H12N4O6/c18-9(19)6-8(12(21)22)14-11(20)10-15-13(23)17(16-10)7-4-2-1-3-5-7/h1-5,8H,6H2,(H,14,20)(H,18,19)(H,21,22)(H,15,16,23). The van der Waals surface area contributed by atoms with Crippen LogP contribution in [0.3, 0.4) is 0 Å². The van der Waals surface area contributed by atoms with Gasteiger partial charge in [-0.25, -0.2) is 9.59 Å². The maximum atomic E-state index is 11.9. The minimum atomic E-state index is -1.63. The Labute approximate surface area is 128 Å². The van der Waals surface area contributed by atoms with Gasteiger partial charge in [0.05, 0.1) is 12.1 Å². The maximum Gasteiger partial charge on any atom is 0.348 e. The second-order valence-electron chi connectivity index (χ2n) is 4.49. The molecular formula is C13H12N4O6. The van der Waals surface area contributed by atoms with Crippen LogP contribution in [0.5, 0.6) is 0 Å². The summed E-state index contributed by atoms with van der Waals surface area (Å²) < 4.78 is 0.932. The Kier molecular flexibility index (Phi) is 4.55. The molecule has 1 unspecified atom stereocenters. The predicted molar refractivity (Wildman–Crippen MR) is 75.3 cm³/mol. The lowest BCUT2D eigenvalue weighted by atomic mass is 10.2. The molecule has 0 spiro atoms. The van der Waals surface area contributed by atoms with Crippen LogP contribution in [0.25, 0.3) is 5.69 Å². The van der Waals surface area contributed by atoms with Crippen LogP contribution in [-0.4, -0.2) is 48.9 Å². The van der Waals surface area contributed by atoms with Gasteiger partial charge < -0.3 is 15.5 Å². The molecule has 120 valence electrons. The monoisotopic (exact) mass is 320 g/mol. The van der Waals surface area contributed by atoms with E-state index in [4.69, 9.17) is 10.2 Å². The lowest BCUT2D eigenvalue weighted by Crippen LogP contribution is -2.42. The predicted octanol–water partition coefficient (Wildman–Crippen LogP) is -0.782. The number of carboxylic acids is 2. The average Bonchev–Trinajstić information content (AvgIpc) is 2.89. The van der Waals surface area contributed by atoms with Crippen molar-refractivity contribution in [3.8, 4) is 5.69 Å². The fraction of sp³-hybridized carbons (Fsp3) is 0.154. The highest BCUT2D eigenvalue weighted by atomic mass is 16.4. The number of H-pyrrole nitrogens is 1. The molecule has 10 nitrogen and oxygen atoms in total. The second-order valence-corrected chi connectivity index (χ2v) is 4.49. The van der Waals surface area contributed by atoms with Crippen LogP contribution < -0.4 is 11.0 Å². The minimum Gasteiger partial charge on any atom is -0.481 e. The third-order valence-electron chi connectivity index (χ3n) is 2.82. The van der Waals surface area contributed by atoms with Gasteiger partial charge in [-0.3, -0.25) is 14.6 Å². The maximum absolute atomic E-state index is 11.9. The third-order valence-corrected chi connectivity index (χ3v) is 2.82. The number of para-hydroxylation sites is 1. The molecular weight excluding hydrogens is 308 g/mol. The van der Waals surface area contributed by atoms with E-state index < -0.39 is 41.8 Å². The molecule has 1 heterocycles. The number of hydrogen-bond acceptors (Lipinski definition) is 5. The number of aliphatic carboxylic acids is 2. The van der Waals surface area contributed by atoms with E-state index in [0.29, 0.717) is 5.69 Å². The Balaban J connectivity index is 2.22. The largest absolute Gasteiger partial charge is 0.481 e. The van der Waals surface area contributed by atoms with Crippen molar-refractivity contribution in [2.24, 2.45) is 0 Å². The van der Waals surface area contributed by atoms with Gasteiger partial charge in [0.2, 0.25) is 5.82 Å². The van der Waals surface area contributed by atoms with E-state index in [1.54, 1.807) is 30.3 Å². The molecule has 1 aromatic carbocycles. The lowest BCUT2D eigenvalue weighted by molar-refractivity contribution is -0.145. The molecule has 10 heteroatoms. The first kappa shape index (κ1) is 15.9. The van der Waals surface area contributed by atoms with E-state index in [1.165, 1.54) is 0 Å². The molecule has 0 saturated heterocycles. The quantitative estimate of drug-likeness (QED) is 0.544. The summed E-state index contributed by atoms with van der Waals surface area (Å²) in [5, 5.41) is 23.3. The lowest BCUT2D eigenvalue weighted by Gasteiger charge is -2.10. The number of carboxylic acid groups (broad SMARTS) is 2. The van der Waals surface area contributed by atoms with Gasteiger partial charge in [0, 0.05) is 0 Å². The van der Waals surface area contributed by atoms with Crippen molar-refractivity contribution in [3.05, 3.63) is 46.6 Å². The Bertz CT molecular complexity index is 794. The van der Waals surface area contributed by atoms with E-state index in [-0.39, 0.29) is 0 Å². The van der Waals surface area contributed by atoms with E-state index in [9.17, 15) is 19.2 Å². The number of nitrogens with zero attached hydrogens (tertiary/aromatic N) is 2. The van der Waals surface area contributed by atoms with Crippen molar-refractivity contribution in [2.75, 3.05) is 0 Å². The van der Waals surface area contributed by atoms with Crippen molar-refractivity contribution in [1.82, 2.24) is 20.1 Å². The number of aromatic nitrogens is 3. The minimum absolute atomic E-state index is 0.410. The molecule has 4 N–H and O–H groups in total. The molecule has 1 atom stereocenters. The number of amides is 1. The molecule has 0 fully saturated rings. The number of nitrogens with one attached hydrogen (secondary N) is 2. The van der Waals surface area contributed by atoms with Crippen LogP contribution in [0, 0.1) is 0 Å². The summed E-state index contributed by atoms with van der Waals surface area (Å²) in [6.07, 6.45) is -0.801. The van der Waals surface area contributed by atoms with E-state index >= 15 is 0 Å².